The lowest BCUT2D eigenvalue weighted by Crippen LogP contribution is -2.33. The van der Waals surface area contributed by atoms with Gasteiger partial charge in [0.25, 0.3) is 0 Å². The SMILES string of the molecule is CSC1CCCC1NCc1cc(O)cc(F)c1. The summed E-state index contributed by atoms with van der Waals surface area (Å²) < 4.78 is 13.1. The van der Waals surface area contributed by atoms with Gasteiger partial charge in [-0.3, -0.25) is 0 Å². The van der Waals surface area contributed by atoms with Gasteiger partial charge in [-0.1, -0.05) is 6.42 Å². The summed E-state index contributed by atoms with van der Waals surface area (Å²) in [5.74, 6) is -0.385. The summed E-state index contributed by atoms with van der Waals surface area (Å²) in [6.45, 7) is 0.618. The van der Waals surface area contributed by atoms with E-state index in [0.29, 0.717) is 17.8 Å². The largest absolute Gasteiger partial charge is 0.508 e. The van der Waals surface area contributed by atoms with Gasteiger partial charge in [0.1, 0.15) is 11.6 Å². The van der Waals surface area contributed by atoms with Crippen molar-refractivity contribution in [3.8, 4) is 5.75 Å². The molecule has 94 valence electrons. The van der Waals surface area contributed by atoms with Crippen LogP contribution < -0.4 is 5.32 Å². The maximum absolute atomic E-state index is 13.1. The van der Waals surface area contributed by atoms with Crippen molar-refractivity contribution in [2.24, 2.45) is 0 Å². The number of benzene rings is 1. The van der Waals surface area contributed by atoms with Crippen molar-refractivity contribution in [3.63, 3.8) is 0 Å². The third kappa shape index (κ3) is 3.36. The number of thioether (sulfide) groups is 1. The second-order valence-corrected chi connectivity index (χ2v) is 5.59. The second-order valence-electron chi connectivity index (χ2n) is 4.51. The molecular weight excluding hydrogens is 237 g/mol. The number of rotatable bonds is 4. The maximum Gasteiger partial charge on any atom is 0.127 e. The Kier molecular flexibility index (Phi) is 4.29. The van der Waals surface area contributed by atoms with E-state index in [9.17, 15) is 9.50 Å². The maximum atomic E-state index is 13.1. The molecule has 2 N–H and O–H groups in total. The number of phenols is 1. The molecule has 2 rings (SSSR count). The molecule has 2 unspecified atom stereocenters. The smallest absolute Gasteiger partial charge is 0.127 e. The number of hydrogen-bond acceptors (Lipinski definition) is 3. The van der Waals surface area contributed by atoms with Crippen molar-refractivity contribution in [3.05, 3.63) is 29.6 Å². The van der Waals surface area contributed by atoms with Gasteiger partial charge in [0.15, 0.2) is 0 Å². The fraction of sp³-hybridized carbons (Fsp3) is 0.538. The summed E-state index contributed by atoms with van der Waals surface area (Å²) in [5, 5.41) is 13.4. The van der Waals surface area contributed by atoms with Crippen molar-refractivity contribution < 1.29 is 9.50 Å². The van der Waals surface area contributed by atoms with E-state index in [1.54, 1.807) is 6.07 Å². The highest BCUT2D eigenvalue weighted by molar-refractivity contribution is 7.99. The third-order valence-corrected chi connectivity index (χ3v) is 4.44. The number of hydrogen-bond donors (Lipinski definition) is 2. The van der Waals surface area contributed by atoms with Gasteiger partial charge < -0.3 is 10.4 Å². The van der Waals surface area contributed by atoms with Crippen molar-refractivity contribution in [1.29, 1.82) is 0 Å². The molecule has 0 radical (unpaired) electrons. The molecule has 1 fully saturated rings. The Morgan fingerprint density at radius 3 is 2.94 bits per heavy atom. The minimum atomic E-state index is -0.380. The molecule has 2 atom stereocenters. The van der Waals surface area contributed by atoms with Crippen LogP contribution in [0.4, 0.5) is 4.39 Å². The predicted octanol–water partition coefficient (Wildman–Crippen LogP) is 2.91. The second kappa shape index (κ2) is 5.74. The van der Waals surface area contributed by atoms with Gasteiger partial charge >= 0.3 is 0 Å². The monoisotopic (exact) mass is 255 g/mol. The average Bonchev–Trinajstić information content (AvgIpc) is 2.72. The first-order valence-electron chi connectivity index (χ1n) is 5.93. The summed E-state index contributed by atoms with van der Waals surface area (Å²) in [5.41, 5.74) is 0.800. The standard InChI is InChI=1S/C13H18FNOS/c1-17-13-4-2-3-12(13)15-8-9-5-10(14)7-11(16)6-9/h5-7,12-13,15-16H,2-4,8H2,1H3. The topological polar surface area (TPSA) is 32.3 Å². The lowest BCUT2D eigenvalue weighted by molar-refractivity contribution is 0.465. The van der Waals surface area contributed by atoms with Crippen molar-refractivity contribution in [2.75, 3.05) is 6.26 Å². The van der Waals surface area contributed by atoms with Crippen molar-refractivity contribution >= 4 is 11.8 Å². The summed E-state index contributed by atoms with van der Waals surface area (Å²) in [6.07, 6.45) is 5.84. The minimum absolute atomic E-state index is 0.00496. The Hall–Kier alpha value is -0.740. The molecule has 0 aliphatic heterocycles. The molecular formula is C13H18FNOS. The third-order valence-electron chi connectivity index (χ3n) is 3.27. The van der Waals surface area contributed by atoms with Crippen LogP contribution in [-0.4, -0.2) is 22.7 Å². The normalized spacial score (nSPS) is 24.1. The van der Waals surface area contributed by atoms with E-state index in [-0.39, 0.29) is 11.6 Å². The highest BCUT2D eigenvalue weighted by Crippen LogP contribution is 2.28. The lowest BCUT2D eigenvalue weighted by Gasteiger charge is -2.19. The quantitative estimate of drug-likeness (QED) is 0.867. The van der Waals surface area contributed by atoms with Crippen LogP contribution in [0.2, 0.25) is 0 Å². The van der Waals surface area contributed by atoms with Gasteiger partial charge in [-0.15, -0.1) is 0 Å². The number of phenolic OH excluding ortho intramolecular Hbond substituents is 1. The predicted molar refractivity (Wildman–Crippen MR) is 69.8 cm³/mol. The van der Waals surface area contributed by atoms with E-state index in [4.69, 9.17) is 0 Å². The summed E-state index contributed by atoms with van der Waals surface area (Å²) in [7, 11) is 0. The Balaban J connectivity index is 1.93. The van der Waals surface area contributed by atoms with Crippen molar-refractivity contribution in [2.45, 2.75) is 37.1 Å². The zero-order valence-electron chi connectivity index (χ0n) is 9.95. The zero-order chi connectivity index (χ0) is 12.3. The Morgan fingerprint density at radius 2 is 2.24 bits per heavy atom. The van der Waals surface area contributed by atoms with Crippen LogP contribution in [0.5, 0.6) is 5.75 Å². The molecule has 0 amide bonds. The first-order valence-corrected chi connectivity index (χ1v) is 7.22. The Morgan fingerprint density at radius 1 is 1.41 bits per heavy atom. The van der Waals surface area contributed by atoms with Crippen LogP contribution in [0.15, 0.2) is 18.2 Å². The molecule has 1 aromatic rings. The first-order chi connectivity index (χ1) is 8.19. The zero-order valence-corrected chi connectivity index (χ0v) is 10.8. The molecule has 0 saturated heterocycles. The lowest BCUT2D eigenvalue weighted by atomic mass is 10.2. The summed E-state index contributed by atoms with van der Waals surface area (Å²) >= 11 is 1.90. The van der Waals surface area contributed by atoms with E-state index in [1.165, 1.54) is 25.3 Å². The van der Waals surface area contributed by atoms with E-state index in [0.717, 1.165) is 11.6 Å². The summed E-state index contributed by atoms with van der Waals surface area (Å²) in [4.78, 5) is 0. The number of nitrogens with one attached hydrogen (secondary N) is 1. The molecule has 0 aromatic heterocycles. The van der Waals surface area contributed by atoms with Crippen LogP contribution >= 0.6 is 11.8 Å². The molecule has 1 aliphatic carbocycles. The highest BCUT2D eigenvalue weighted by atomic mass is 32.2. The van der Waals surface area contributed by atoms with Crippen molar-refractivity contribution in [1.82, 2.24) is 5.32 Å². The van der Waals surface area contributed by atoms with Gasteiger partial charge in [0.05, 0.1) is 0 Å². The van der Waals surface area contributed by atoms with Crippen LogP contribution in [0.3, 0.4) is 0 Å². The molecule has 0 spiro atoms. The van der Waals surface area contributed by atoms with Gasteiger partial charge in [0.2, 0.25) is 0 Å². The van der Waals surface area contributed by atoms with E-state index < -0.39 is 0 Å². The van der Waals surface area contributed by atoms with Gasteiger partial charge in [0, 0.05) is 23.9 Å². The van der Waals surface area contributed by atoms with E-state index in [1.807, 2.05) is 11.8 Å². The molecule has 17 heavy (non-hydrogen) atoms. The minimum Gasteiger partial charge on any atom is -0.508 e. The van der Waals surface area contributed by atoms with Crippen LogP contribution in [0.1, 0.15) is 24.8 Å². The van der Waals surface area contributed by atoms with E-state index in [2.05, 4.69) is 11.6 Å². The molecule has 4 heteroatoms. The Labute approximate surface area is 106 Å². The van der Waals surface area contributed by atoms with Crippen LogP contribution in [-0.2, 0) is 6.54 Å². The van der Waals surface area contributed by atoms with Gasteiger partial charge in [-0.2, -0.15) is 11.8 Å². The van der Waals surface area contributed by atoms with Crippen LogP contribution in [0.25, 0.3) is 0 Å². The first kappa shape index (κ1) is 12.7. The summed E-state index contributed by atoms with van der Waals surface area (Å²) in [6, 6.07) is 4.72. The number of halogens is 1. The average molecular weight is 255 g/mol. The van der Waals surface area contributed by atoms with Gasteiger partial charge in [-0.25, -0.2) is 4.39 Å². The molecule has 2 nitrogen and oxygen atoms in total. The fourth-order valence-electron chi connectivity index (χ4n) is 2.43. The molecule has 0 heterocycles. The van der Waals surface area contributed by atoms with Crippen LogP contribution in [0, 0.1) is 5.82 Å². The number of aromatic hydroxyl groups is 1. The highest BCUT2D eigenvalue weighted by Gasteiger charge is 2.25. The molecule has 1 aliphatic rings. The fourth-order valence-corrected chi connectivity index (χ4v) is 3.39. The Bertz CT molecular complexity index is 365. The van der Waals surface area contributed by atoms with Gasteiger partial charge in [-0.05, 0) is 36.8 Å². The molecule has 1 aromatic carbocycles. The molecule has 0 bridgehead atoms. The van der Waals surface area contributed by atoms with E-state index >= 15 is 0 Å². The molecule has 1 saturated carbocycles.